The number of hydrogen-bond acceptors (Lipinski definition) is 4. The maximum absolute atomic E-state index is 8.68. The van der Waals surface area contributed by atoms with E-state index in [2.05, 4.69) is 27.1 Å². The molecule has 0 saturated heterocycles. The van der Waals surface area contributed by atoms with Crippen molar-refractivity contribution >= 4 is 21.6 Å². The molecular formula is C46H45IrN3S-2. The second-order valence-electron chi connectivity index (χ2n) is 12.5. The van der Waals surface area contributed by atoms with Crippen LogP contribution in [0.5, 0.6) is 0 Å². The molecule has 0 aliphatic rings. The number of benzene rings is 4. The van der Waals surface area contributed by atoms with Crippen LogP contribution in [0.1, 0.15) is 86.6 Å². The fraction of sp³-hybridized carbons (Fsp3) is 0.239. The summed E-state index contributed by atoms with van der Waals surface area (Å²) < 4.78 is 159. The van der Waals surface area contributed by atoms with Crippen LogP contribution in [0.3, 0.4) is 0 Å². The molecule has 0 aliphatic heterocycles. The summed E-state index contributed by atoms with van der Waals surface area (Å²) in [6.45, 7) is -9.76. The van der Waals surface area contributed by atoms with Gasteiger partial charge in [0.1, 0.15) is 0 Å². The van der Waals surface area contributed by atoms with Crippen molar-refractivity contribution in [1.82, 2.24) is 15.0 Å². The van der Waals surface area contributed by atoms with Gasteiger partial charge in [-0.2, -0.15) is 11.3 Å². The Kier molecular flexibility index (Phi) is 6.11. The van der Waals surface area contributed by atoms with Crippen molar-refractivity contribution < 1.29 is 47.5 Å². The molecule has 51 heavy (non-hydrogen) atoms. The van der Waals surface area contributed by atoms with Crippen molar-refractivity contribution in [2.24, 2.45) is 5.41 Å². The van der Waals surface area contributed by atoms with E-state index in [4.69, 9.17) is 27.4 Å². The van der Waals surface area contributed by atoms with Crippen LogP contribution in [0.2, 0.25) is 0 Å². The zero-order valence-corrected chi connectivity index (χ0v) is 31.0. The molecule has 0 spiro atoms. The Morgan fingerprint density at radius 1 is 0.667 bits per heavy atom. The summed E-state index contributed by atoms with van der Waals surface area (Å²) in [5.74, 6) is 0. The standard InChI is InChI=1S/C33H33N2S.C13H12N.Ir/c1-20-14-24(18-33(5,6)7)8-11-27(20)25-9-12-28(21(2)15-25)29-17-30(34-19-22(29)3)26-10-13-32-31(16-26)35-23(4)36-32;1-10-3-6-12(7-4-10)13-8-5-11(2)9-14-13;/h8-9,11-17,19H,18H2,1-7H3;3-6,8-9H,1-2H3;/q2*-1;/i1D3,2D3,3D3,4D3,18D2;1D3,2D3;. The largest absolute Gasteiger partial charge is 0.304 e. The molecule has 0 aliphatic carbocycles. The number of fused-ring (bicyclic) bond motifs is 1. The van der Waals surface area contributed by atoms with Gasteiger partial charge in [-0.1, -0.05) is 82.2 Å². The van der Waals surface area contributed by atoms with Crippen molar-refractivity contribution in [2.75, 3.05) is 0 Å². The minimum atomic E-state index is -2.78. The minimum Gasteiger partial charge on any atom is -0.304 e. The summed E-state index contributed by atoms with van der Waals surface area (Å²) in [6, 6.07) is 26.6. The smallest absolute Gasteiger partial charge is 0.0796 e. The minimum absolute atomic E-state index is 0. The third-order valence-electron chi connectivity index (χ3n) is 7.51. The number of aromatic nitrogens is 3. The number of aryl methyl sites for hydroxylation is 6. The number of nitrogens with zero attached hydrogens (tertiary/aromatic N) is 3. The molecule has 0 N–H and O–H groups in total. The number of pyridine rings is 2. The van der Waals surface area contributed by atoms with Crippen LogP contribution in [0.4, 0.5) is 0 Å². The van der Waals surface area contributed by atoms with Crippen LogP contribution >= 0.6 is 11.3 Å². The first-order chi connectivity index (χ1) is 31.9. The maximum atomic E-state index is 8.68. The molecule has 3 nitrogen and oxygen atoms in total. The second-order valence-corrected chi connectivity index (χ2v) is 13.6. The molecule has 261 valence electrons. The van der Waals surface area contributed by atoms with Crippen molar-refractivity contribution in [3.05, 3.63) is 148 Å². The Bertz CT molecular complexity index is 2960. The second kappa shape index (κ2) is 15.9. The Hall–Kier alpha value is -4.28. The Morgan fingerprint density at radius 2 is 1.43 bits per heavy atom. The molecule has 0 saturated carbocycles. The van der Waals surface area contributed by atoms with E-state index in [-0.39, 0.29) is 86.4 Å². The van der Waals surface area contributed by atoms with Gasteiger partial charge in [-0.15, -0.1) is 59.2 Å². The van der Waals surface area contributed by atoms with Crippen LogP contribution < -0.4 is 0 Å². The quantitative estimate of drug-likeness (QED) is 0.162. The van der Waals surface area contributed by atoms with Gasteiger partial charge in [-0.25, -0.2) is 0 Å². The molecule has 0 fully saturated rings. The van der Waals surface area contributed by atoms with Crippen LogP contribution in [-0.4, -0.2) is 15.0 Å². The van der Waals surface area contributed by atoms with Crippen LogP contribution in [0.25, 0.3) is 55.0 Å². The van der Waals surface area contributed by atoms with Crippen LogP contribution in [0, 0.1) is 58.7 Å². The van der Waals surface area contributed by atoms with E-state index in [1.807, 2.05) is 0 Å². The molecule has 5 heteroatoms. The topological polar surface area (TPSA) is 38.7 Å². The molecule has 7 rings (SSSR count). The van der Waals surface area contributed by atoms with E-state index >= 15 is 0 Å². The zero-order chi connectivity index (χ0) is 52.4. The van der Waals surface area contributed by atoms with Crippen molar-refractivity contribution in [3.8, 4) is 44.8 Å². The Morgan fingerprint density at radius 3 is 2.14 bits per heavy atom. The molecule has 0 amide bonds. The van der Waals surface area contributed by atoms with Gasteiger partial charge in [0.05, 0.1) is 5.01 Å². The van der Waals surface area contributed by atoms with Gasteiger partial charge in [0.25, 0.3) is 0 Å². The monoisotopic (exact) mass is 884 g/mol. The summed E-state index contributed by atoms with van der Waals surface area (Å²) >= 11 is 1.01. The molecule has 3 aromatic heterocycles. The molecule has 1 radical (unpaired) electrons. The van der Waals surface area contributed by atoms with Gasteiger partial charge in [-0.05, 0) is 118 Å². The summed E-state index contributed by atoms with van der Waals surface area (Å²) in [6.07, 6.45) is 0.563. The molecule has 0 bridgehead atoms. The first-order valence-electron chi connectivity index (χ1n) is 25.5. The van der Waals surface area contributed by atoms with Crippen molar-refractivity contribution in [2.45, 2.75) is 68.3 Å². The summed E-state index contributed by atoms with van der Waals surface area (Å²) in [5, 5.41) is -0.0453. The number of hydrogen-bond donors (Lipinski definition) is 0. The third kappa shape index (κ3) is 9.34. The number of rotatable bonds is 5. The van der Waals surface area contributed by atoms with E-state index in [0.717, 1.165) is 17.5 Å². The van der Waals surface area contributed by atoms with E-state index in [1.54, 1.807) is 45.0 Å². The molecule has 7 aromatic rings. The van der Waals surface area contributed by atoms with Gasteiger partial charge in [0.2, 0.25) is 0 Å². The Labute approximate surface area is 349 Å². The first kappa shape index (κ1) is 19.5. The predicted molar refractivity (Wildman–Crippen MR) is 213 cm³/mol. The molecule has 0 unspecified atom stereocenters. The van der Waals surface area contributed by atoms with Crippen LogP contribution in [-0.2, 0) is 26.5 Å². The van der Waals surface area contributed by atoms with E-state index in [0.29, 0.717) is 27.0 Å². The maximum Gasteiger partial charge on any atom is 0.0796 e. The van der Waals surface area contributed by atoms with Crippen LogP contribution in [0.15, 0.2) is 97.3 Å². The first-order valence-corrected chi connectivity index (χ1v) is 16.3. The normalized spacial score (nSPS) is 18.7. The fourth-order valence-electron chi connectivity index (χ4n) is 5.24. The summed E-state index contributed by atoms with van der Waals surface area (Å²) in [7, 11) is 0. The average molecular weight is 884 g/mol. The molecule has 0 atom stereocenters. The molecule has 3 heterocycles. The van der Waals surface area contributed by atoms with Gasteiger partial charge in [0.15, 0.2) is 0 Å². The third-order valence-corrected chi connectivity index (χ3v) is 8.34. The van der Waals surface area contributed by atoms with Gasteiger partial charge in [0, 0.05) is 59.9 Å². The average Bonchev–Trinajstić information content (AvgIpc) is 3.69. The van der Waals surface area contributed by atoms with Gasteiger partial charge < -0.3 is 9.97 Å². The summed E-state index contributed by atoms with van der Waals surface area (Å²) in [4.78, 5) is 12.6. The van der Waals surface area contributed by atoms with E-state index in [1.165, 1.54) is 66.9 Å². The van der Waals surface area contributed by atoms with Crippen molar-refractivity contribution in [1.29, 1.82) is 0 Å². The van der Waals surface area contributed by atoms with E-state index in [9.17, 15) is 0 Å². The number of thiazole rings is 1. The predicted octanol–water partition coefficient (Wildman–Crippen LogP) is 12.5. The van der Waals surface area contributed by atoms with E-state index < -0.39 is 52.9 Å². The Balaban J connectivity index is 0.000000373. The fourth-order valence-corrected chi connectivity index (χ4v) is 5.92. The molecular weight excluding hydrogens is 819 g/mol. The zero-order valence-electron chi connectivity index (χ0n) is 47.8. The van der Waals surface area contributed by atoms with Crippen molar-refractivity contribution in [3.63, 3.8) is 0 Å². The summed E-state index contributed by atoms with van der Waals surface area (Å²) in [5.41, 5.74) is 1.82. The van der Waals surface area contributed by atoms with Gasteiger partial charge in [-0.3, -0.25) is 4.98 Å². The molecule has 4 aromatic carbocycles. The van der Waals surface area contributed by atoms with Gasteiger partial charge >= 0.3 is 0 Å². The SMILES string of the molecule is [2H]C([2H])([2H])c1c[c-]c(-c2ccc(C([2H])([2H])[2H])cn2)cc1.[2H]C([2H])([2H])c1nc2cc(-c3cc(-c4ccc(-c5ccc(C([2H])([2H])C(C)(C)C)cc5C([2H])([2H])[2H])cc4C([2H])([2H])[2H])c(C([2H])([2H])[2H])cn3)[c-]cc2s1.[Ir].